The van der Waals surface area contributed by atoms with Crippen LogP contribution in [0.3, 0.4) is 0 Å². The fourth-order valence-electron chi connectivity index (χ4n) is 1.36. The average Bonchev–Trinajstić information content (AvgIpc) is 2.18. The molecule has 0 aliphatic rings. The van der Waals surface area contributed by atoms with Crippen LogP contribution in [0.25, 0.3) is 0 Å². The highest BCUT2D eigenvalue weighted by Crippen LogP contribution is 2.23. The Balaban J connectivity index is 2.70. The maximum absolute atomic E-state index is 10.8. The van der Waals surface area contributed by atoms with Gasteiger partial charge >= 0.3 is 5.97 Å². The van der Waals surface area contributed by atoms with Crippen molar-refractivity contribution in [3.63, 3.8) is 0 Å². The Morgan fingerprint density at radius 1 is 1.35 bits per heavy atom. The van der Waals surface area contributed by atoms with Crippen LogP contribution in [0, 0.1) is 12.3 Å². The molecule has 3 heteroatoms. The molecule has 0 aliphatic heterocycles. The molecule has 94 valence electrons. The number of carboxylic acids is 1. The van der Waals surface area contributed by atoms with Crippen LogP contribution in [0.2, 0.25) is 0 Å². The summed E-state index contributed by atoms with van der Waals surface area (Å²) in [4.78, 5) is 10.8. The zero-order valence-corrected chi connectivity index (χ0v) is 10.9. The molecule has 1 rings (SSSR count). The molecule has 0 saturated heterocycles. The maximum Gasteiger partial charge on any atom is 0.335 e. The second-order valence-electron chi connectivity index (χ2n) is 5.44. The normalized spacial score (nSPS) is 11.3. The molecular weight excluding hydrogens is 216 g/mol. The van der Waals surface area contributed by atoms with E-state index in [4.69, 9.17) is 9.84 Å². The SMILES string of the molecule is Cc1ccc(C(=O)O)cc1OCCC(C)(C)C. The van der Waals surface area contributed by atoms with Gasteiger partial charge in [0.25, 0.3) is 0 Å². The van der Waals surface area contributed by atoms with Crippen LogP contribution in [-0.4, -0.2) is 17.7 Å². The van der Waals surface area contributed by atoms with Gasteiger partial charge in [0.15, 0.2) is 0 Å². The molecule has 1 aromatic carbocycles. The first-order valence-corrected chi connectivity index (χ1v) is 5.76. The van der Waals surface area contributed by atoms with E-state index in [1.807, 2.05) is 6.92 Å². The number of carbonyl (C=O) groups is 1. The number of rotatable bonds is 4. The number of aromatic carboxylic acids is 1. The molecule has 0 fully saturated rings. The van der Waals surface area contributed by atoms with Gasteiger partial charge in [-0.15, -0.1) is 0 Å². The Bertz CT molecular complexity index is 402. The van der Waals surface area contributed by atoms with Crippen molar-refractivity contribution in [3.05, 3.63) is 29.3 Å². The Morgan fingerprint density at radius 2 is 2.00 bits per heavy atom. The number of aryl methyl sites for hydroxylation is 1. The third kappa shape index (κ3) is 4.47. The molecule has 0 spiro atoms. The number of ether oxygens (including phenoxy) is 1. The lowest BCUT2D eigenvalue weighted by molar-refractivity contribution is 0.0696. The molecular formula is C14H20O3. The van der Waals surface area contributed by atoms with E-state index in [0.29, 0.717) is 12.4 Å². The molecule has 17 heavy (non-hydrogen) atoms. The van der Waals surface area contributed by atoms with E-state index >= 15 is 0 Å². The number of benzene rings is 1. The van der Waals surface area contributed by atoms with Crippen molar-refractivity contribution in [1.82, 2.24) is 0 Å². The molecule has 0 unspecified atom stereocenters. The molecule has 0 saturated carbocycles. The topological polar surface area (TPSA) is 46.5 Å². The second kappa shape index (κ2) is 5.21. The highest BCUT2D eigenvalue weighted by Gasteiger charge is 2.11. The van der Waals surface area contributed by atoms with Crippen molar-refractivity contribution < 1.29 is 14.6 Å². The molecule has 0 aliphatic carbocycles. The molecule has 0 amide bonds. The van der Waals surface area contributed by atoms with E-state index in [9.17, 15) is 4.79 Å². The minimum absolute atomic E-state index is 0.221. The standard InChI is InChI=1S/C14H20O3/c1-10-5-6-11(13(15)16)9-12(10)17-8-7-14(2,3)4/h5-6,9H,7-8H2,1-4H3,(H,15,16). The van der Waals surface area contributed by atoms with E-state index < -0.39 is 5.97 Å². The third-order valence-corrected chi connectivity index (χ3v) is 2.54. The minimum atomic E-state index is -0.925. The van der Waals surface area contributed by atoms with Crippen molar-refractivity contribution >= 4 is 5.97 Å². The van der Waals surface area contributed by atoms with Crippen LogP contribution >= 0.6 is 0 Å². The Morgan fingerprint density at radius 3 is 2.53 bits per heavy atom. The molecule has 0 aromatic heterocycles. The monoisotopic (exact) mass is 236 g/mol. The molecule has 0 atom stereocenters. The predicted molar refractivity (Wildman–Crippen MR) is 67.7 cm³/mol. The lowest BCUT2D eigenvalue weighted by Gasteiger charge is -2.18. The third-order valence-electron chi connectivity index (χ3n) is 2.54. The number of hydrogen-bond donors (Lipinski definition) is 1. The van der Waals surface area contributed by atoms with E-state index in [0.717, 1.165) is 12.0 Å². The molecule has 0 heterocycles. The van der Waals surface area contributed by atoms with E-state index in [-0.39, 0.29) is 11.0 Å². The van der Waals surface area contributed by atoms with Crippen molar-refractivity contribution in [2.45, 2.75) is 34.1 Å². The molecule has 3 nitrogen and oxygen atoms in total. The van der Waals surface area contributed by atoms with Gasteiger partial charge in [0, 0.05) is 0 Å². The summed E-state index contributed by atoms with van der Waals surface area (Å²) in [5.74, 6) is -0.264. The van der Waals surface area contributed by atoms with E-state index in [1.54, 1.807) is 18.2 Å². The van der Waals surface area contributed by atoms with Gasteiger partial charge in [0.1, 0.15) is 5.75 Å². The first-order chi connectivity index (χ1) is 7.79. The van der Waals surface area contributed by atoms with Gasteiger partial charge in [-0.05, 0) is 36.5 Å². The minimum Gasteiger partial charge on any atom is -0.493 e. The lowest BCUT2D eigenvalue weighted by Crippen LogP contribution is -2.11. The van der Waals surface area contributed by atoms with Gasteiger partial charge in [-0.1, -0.05) is 26.8 Å². The fraction of sp³-hybridized carbons (Fsp3) is 0.500. The molecule has 1 N–H and O–H groups in total. The highest BCUT2D eigenvalue weighted by atomic mass is 16.5. The largest absolute Gasteiger partial charge is 0.493 e. The van der Waals surface area contributed by atoms with Gasteiger partial charge in [0.05, 0.1) is 12.2 Å². The van der Waals surface area contributed by atoms with Gasteiger partial charge in [-0.3, -0.25) is 0 Å². The van der Waals surface area contributed by atoms with Crippen LogP contribution in [0.5, 0.6) is 5.75 Å². The smallest absolute Gasteiger partial charge is 0.335 e. The summed E-state index contributed by atoms with van der Waals surface area (Å²) in [5, 5.41) is 8.90. The van der Waals surface area contributed by atoms with Crippen molar-refractivity contribution in [2.24, 2.45) is 5.41 Å². The van der Waals surface area contributed by atoms with Crippen molar-refractivity contribution in [3.8, 4) is 5.75 Å². The van der Waals surface area contributed by atoms with Gasteiger partial charge < -0.3 is 9.84 Å². The second-order valence-corrected chi connectivity index (χ2v) is 5.44. The van der Waals surface area contributed by atoms with Crippen molar-refractivity contribution in [1.29, 1.82) is 0 Å². The summed E-state index contributed by atoms with van der Waals surface area (Å²) >= 11 is 0. The van der Waals surface area contributed by atoms with Crippen LogP contribution < -0.4 is 4.74 Å². The van der Waals surface area contributed by atoms with E-state index in [1.165, 1.54) is 0 Å². The van der Waals surface area contributed by atoms with Crippen LogP contribution in [0.4, 0.5) is 0 Å². The zero-order valence-electron chi connectivity index (χ0n) is 10.9. The summed E-state index contributed by atoms with van der Waals surface area (Å²) in [6.45, 7) is 8.97. The lowest BCUT2D eigenvalue weighted by atomic mass is 9.93. The molecule has 0 bridgehead atoms. The van der Waals surface area contributed by atoms with Gasteiger partial charge in [-0.2, -0.15) is 0 Å². The van der Waals surface area contributed by atoms with E-state index in [2.05, 4.69) is 20.8 Å². The first-order valence-electron chi connectivity index (χ1n) is 5.76. The van der Waals surface area contributed by atoms with Gasteiger partial charge in [-0.25, -0.2) is 4.79 Å². The summed E-state index contributed by atoms with van der Waals surface area (Å²) in [6.07, 6.45) is 0.934. The highest BCUT2D eigenvalue weighted by molar-refractivity contribution is 5.88. The number of carboxylic acid groups (broad SMARTS) is 1. The summed E-state index contributed by atoms with van der Waals surface area (Å²) in [7, 11) is 0. The van der Waals surface area contributed by atoms with Crippen LogP contribution in [-0.2, 0) is 0 Å². The molecule has 0 radical (unpaired) electrons. The Hall–Kier alpha value is -1.51. The predicted octanol–water partition coefficient (Wildman–Crippen LogP) is 3.51. The zero-order chi connectivity index (χ0) is 13.1. The van der Waals surface area contributed by atoms with Gasteiger partial charge in [0.2, 0.25) is 0 Å². The van der Waals surface area contributed by atoms with Crippen LogP contribution in [0.15, 0.2) is 18.2 Å². The summed E-state index contributed by atoms with van der Waals surface area (Å²) in [5.41, 5.74) is 1.45. The summed E-state index contributed by atoms with van der Waals surface area (Å²) < 4.78 is 5.64. The quantitative estimate of drug-likeness (QED) is 0.870. The first kappa shape index (κ1) is 13.6. The Labute approximate surface area is 102 Å². The maximum atomic E-state index is 10.8. The Kier molecular flexibility index (Phi) is 4.16. The average molecular weight is 236 g/mol. The van der Waals surface area contributed by atoms with Crippen molar-refractivity contribution in [2.75, 3.05) is 6.61 Å². The number of hydrogen-bond acceptors (Lipinski definition) is 2. The van der Waals surface area contributed by atoms with Crippen LogP contribution in [0.1, 0.15) is 43.1 Å². The fourth-order valence-corrected chi connectivity index (χ4v) is 1.36. The summed E-state index contributed by atoms with van der Waals surface area (Å²) in [6, 6.07) is 4.95. The molecule has 1 aromatic rings.